The molecule has 1 aliphatic rings. The van der Waals surface area contributed by atoms with Crippen molar-refractivity contribution < 1.29 is 17.9 Å². The molecule has 0 saturated carbocycles. The summed E-state index contributed by atoms with van der Waals surface area (Å²) in [6.07, 6.45) is 3.23. The van der Waals surface area contributed by atoms with E-state index in [4.69, 9.17) is 9.88 Å². The van der Waals surface area contributed by atoms with Gasteiger partial charge in [0.1, 0.15) is 0 Å². The van der Waals surface area contributed by atoms with E-state index in [1.165, 1.54) is 12.1 Å². The number of anilines is 1. The molecule has 6 nitrogen and oxygen atoms in total. The normalized spacial score (nSPS) is 18.7. The fraction of sp³-hybridized carbons (Fsp3) is 0.500. The smallest absolute Gasteiger partial charge is 0.238 e. The lowest BCUT2D eigenvalue weighted by molar-refractivity contribution is -0.116. The van der Waals surface area contributed by atoms with Gasteiger partial charge in [0.15, 0.2) is 0 Å². The molecule has 1 saturated heterocycles. The number of aryl methyl sites for hydroxylation is 1. The molecule has 1 atom stereocenters. The molecule has 0 aromatic heterocycles. The maximum Gasteiger partial charge on any atom is 0.238 e. The first-order valence-electron chi connectivity index (χ1n) is 6.91. The second kappa shape index (κ2) is 6.55. The molecule has 1 aliphatic heterocycles. The zero-order chi connectivity index (χ0) is 15.5. The van der Waals surface area contributed by atoms with Crippen LogP contribution in [0.2, 0.25) is 0 Å². The van der Waals surface area contributed by atoms with Gasteiger partial charge in [0.05, 0.1) is 11.0 Å². The van der Waals surface area contributed by atoms with E-state index in [2.05, 4.69) is 5.32 Å². The largest absolute Gasteiger partial charge is 0.378 e. The zero-order valence-corrected chi connectivity index (χ0v) is 12.8. The number of sulfonamides is 1. The molecular formula is C14H20N2O4S. The van der Waals surface area contributed by atoms with Gasteiger partial charge in [0.2, 0.25) is 15.9 Å². The minimum atomic E-state index is -3.77. The molecule has 21 heavy (non-hydrogen) atoms. The molecule has 1 fully saturated rings. The quantitative estimate of drug-likeness (QED) is 0.861. The number of nitrogens with one attached hydrogen (secondary N) is 1. The Labute approximate surface area is 124 Å². The summed E-state index contributed by atoms with van der Waals surface area (Å²) in [6, 6.07) is 4.43. The lowest BCUT2D eigenvalue weighted by Crippen LogP contribution is -2.17. The number of amides is 1. The van der Waals surface area contributed by atoms with E-state index in [1.54, 1.807) is 13.0 Å². The number of nitrogens with two attached hydrogens (primary N) is 1. The first-order valence-corrected chi connectivity index (χ1v) is 8.46. The van der Waals surface area contributed by atoms with Crippen LogP contribution in [0.4, 0.5) is 5.69 Å². The number of rotatable bonds is 5. The summed E-state index contributed by atoms with van der Waals surface area (Å²) in [4.78, 5) is 11.9. The number of carbonyl (C=O) groups is 1. The zero-order valence-electron chi connectivity index (χ0n) is 12.0. The molecule has 1 aromatic carbocycles. The summed E-state index contributed by atoms with van der Waals surface area (Å²) in [5.74, 6) is -0.153. The monoisotopic (exact) mass is 312 g/mol. The summed E-state index contributed by atoms with van der Waals surface area (Å²) >= 11 is 0. The Morgan fingerprint density at radius 1 is 1.48 bits per heavy atom. The fourth-order valence-electron chi connectivity index (χ4n) is 2.29. The van der Waals surface area contributed by atoms with E-state index in [9.17, 15) is 13.2 Å². The van der Waals surface area contributed by atoms with E-state index in [1.807, 2.05) is 0 Å². The molecular weight excluding hydrogens is 292 g/mol. The minimum Gasteiger partial charge on any atom is -0.378 e. The number of hydrogen-bond donors (Lipinski definition) is 2. The average Bonchev–Trinajstić information content (AvgIpc) is 2.91. The fourth-order valence-corrected chi connectivity index (χ4v) is 2.83. The second-order valence-corrected chi connectivity index (χ2v) is 6.81. The Hall–Kier alpha value is -1.44. The summed E-state index contributed by atoms with van der Waals surface area (Å²) in [7, 11) is -3.77. The second-order valence-electron chi connectivity index (χ2n) is 5.24. The Kier molecular flexibility index (Phi) is 4.97. The number of carbonyl (C=O) groups excluding carboxylic acids is 1. The van der Waals surface area contributed by atoms with Gasteiger partial charge in [-0.05, 0) is 43.9 Å². The topological polar surface area (TPSA) is 98.5 Å². The van der Waals surface area contributed by atoms with E-state index in [-0.39, 0.29) is 16.9 Å². The maximum absolute atomic E-state index is 11.9. The lowest BCUT2D eigenvalue weighted by atomic mass is 10.1. The number of primary sulfonamides is 1. The van der Waals surface area contributed by atoms with E-state index < -0.39 is 10.0 Å². The average molecular weight is 312 g/mol. The first-order chi connectivity index (χ1) is 9.86. The SMILES string of the molecule is Cc1ccc(S(N)(=O)=O)cc1NC(=O)CCC1CCCO1. The van der Waals surface area contributed by atoms with Crippen LogP contribution in [0.25, 0.3) is 0 Å². The Morgan fingerprint density at radius 3 is 2.86 bits per heavy atom. The van der Waals surface area contributed by atoms with E-state index >= 15 is 0 Å². The van der Waals surface area contributed by atoms with Crippen LogP contribution >= 0.6 is 0 Å². The van der Waals surface area contributed by atoms with Crippen molar-refractivity contribution in [2.45, 2.75) is 43.6 Å². The maximum atomic E-state index is 11.9. The lowest BCUT2D eigenvalue weighted by Gasteiger charge is -2.12. The van der Waals surface area contributed by atoms with Crippen LogP contribution in [0.5, 0.6) is 0 Å². The van der Waals surface area contributed by atoms with Crippen molar-refractivity contribution in [3.8, 4) is 0 Å². The van der Waals surface area contributed by atoms with Crippen LogP contribution in [-0.4, -0.2) is 27.0 Å². The van der Waals surface area contributed by atoms with Gasteiger partial charge in [0.25, 0.3) is 0 Å². The van der Waals surface area contributed by atoms with Gasteiger partial charge in [0, 0.05) is 18.7 Å². The highest BCUT2D eigenvalue weighted by Crippen LogP contribution is 2.21. The molecule has 1 unspecified atom stereocenters. The Balaban J connectivity index is 1.99. The third kappa shape index (κ3) is 4.52. The molecule has 2 rings (SSSR count). The molecule has 0 spiro atoms. The molecule has 116 valence electrons. The number of benzene rings is 1. The summed E-state index contributed by atoms with van der Waals surface area (Å²) < 4.78 is 28.1. The van der Waals surface area contributed by atoms with Crippen LogP contribution in [0.15, 0.2) is 23.1 Å². The van der Waals surface area contributed by atoms with Gasteiger partial charge in [-0.15, -0.1) is 0 Å². The van der Waals surface area contributed by atoms with Crippen LogP contribution in [0, 0.1) is 6.92 Å². The predicted molar refractivity (Wildman–Crippen MR) is 79.4 cm³/mol. The van der Waals surface area contributed by atoms with Crippen LogP contribution in [0.1, 0.15) is 31.2 Å². The summed E-state index contributed by atoms with van der Waals surface area (Å²) in [5, 5.41) is 7.82. The molecule has 1 amide bonds. The number of ether oxygens (including phenoxy) is 1. The molecule has 0 bridgehead atoms. The van der Waals surface area contributed by atoms with Crippen molar-refractivity contribution in [1.29, 1.82) is 0 Å². The van der Waals surface area contributed by atoms with Crippen LogP contribution in [-0.2, 0) is 19.6 Å². The highest BCUT2D eigenvalue weighted by molar-refractivity contribution is 7.89. The van der Waals surface area contributed by atoms with Gasteiger partial charge in [-0.25, -0.2) is 13.6 Å². The molecule has 1 aromatic rings. The van der Waals surface area contributed by atoms with Gasteiger partial charge in [-0.3, -0.25) is 4.79 Å². The Morgan fingerprint density at radius 2 is 2.24 bits per heavy atom. The standard InChI is InChI=1S/C14H20N2O4S/c1-10-4-6-12(21(15,18)19)9-13(10)16-14(17)7-5-11-3-2-8-20-11/h4,6,9,11H,2-3,5,7-8H2,1H3,(H,16,17)(H2,15,18,19). The highest BCUT2D eigenvalue weighted by Gasteiger charge is 2.17. The van der Waals surface area contributed by atoms with Crippen LogP contribution in [0.3, 0.4) is 0 Å². The van der Waals surface area contributed by atoms with Crippen molar-refractivity contribution in [1.82, 2.24) is 0 Å². The van der Waals surface area contributed by atoms with Gasteiger partial charge >= 0.3 is 0 Å². The van der Waals surface area contributed by atoms with Gasteiger partial charge in [-0.1, -0.05) is 6.07 Å². The third-order valence-corrected chi connectivity index (χ3v) is 4.44. The summed E-state index contributed by atoms with van der Waals surface area (Å²) in [5.41, 5.74) is 1.26. The minimum absolute atomic E-state index is 0.0115. The van der Waals surface area contributed by atoms with Gasteiger partial charge in [-0.2, -0.15) is 0 Å². The van der Waals surface area contributed by atoms with Crippen molar-refractivity contribution in [2.24, 2.45) is 5.14 Å². The van der Waals surface area contributed by atoms with Crippen molar-refractivity contribution in [2.75, 3.05) is 11.9 Å². The van der Waals surface area contributed by atoms with Crippen molar-refractivity contribution in [3.63, 3.8) is 0 Å². The van der Waals surface area contributed by atoms with Gasteiger partial charge < -0.3 is 10.1 Å². The Bertz CT molecular complexity index is 622. The van der Waals surface area contributed by atoms with E-state index in [0.29, 0.717) is 18.5 Å². The van der Waals surface area contributed by atoms with E-state index in [0.717, 1.165) is 25.0 Å². The highest BCUT2D eigenvalue weighted by atomic mass is 32.2. The molecule has 1 heterocycles. The van der Waals surface area contributed by atoms with Crippen molar-refractivity contribution >= 4 is 21.6 Å². The van der Waals surface area contributed by atoms with Crippen LogP contribution < -0.4 is 10.5 Å². The molecule has 0 aliphatic carbocycles. The first kappa shape index (κ1) is 15.9. The number of hydrogen-bond acceptors (Lipinski definition) is 4. The molecule has 0 radical (unpaired) electrons. The summed E-state index contributed by atoms with van der Waals surface area (Å²) in [6.45, 7) is 2.56. The van der Waals surface area contributed by atoms with Crippen molar-refractivity contribution in [3.05, 3.63) is 23.8 Å². The third-order valence-electron chi connectivity index (χ3n) is 3.53. The predicted octanol–water partition coefficient (Wildman–Crippen LogP) is 1.54. The molecule has 7 heteroatoms. The molecule has 3 N–H and O–H groups in total.